The van der Waals surface area contributed by atoms with Gasteiger partial charge in [-0.3, -0.25) is 4.79 Å². The minimum Gasteiger partial charge on any atom is -0.392 e. The quantitative estimate of drug-likeness (QED) is 0.649. The molecule has 0 aromatic rings. The Morgan fingerprint density at radius 2 is 2.58 bits per heavy atom. The second kappa shape index (κ2) is 4.26. The molecular weight excluding hydrogens is 154 g/mol. The van der Waals surface area contributed by atoms with Gasteiger partial charge in [-0.2, -0.15) is 0 Å². The predicted octanol–water partition coefficient (Wildman–Crippen LogP) is 0.594. The highest BCUT2D eigenvalue weighted by atomic mass is 16.3. The Balaban J connectivity index is 2.28. The third kappa shape index (κ3) is 2.66. The SMILES string of the molecule is CC(O)CNC(=O)C1=CCCC1. The summed E-state index contributed by atoms with van der Waals surface area (Å²) < 4.78 is 0. The van der Waals surface area contributed by atoms with Crippen molar-refractivity contribution in [1.29, 1.82) is 0 Å². The van der Waals surface area contributed by atoms with Crippen molar-refractivity contribution in [2.45, 2.75) is 32.3 Å². The van der Waals surface area contributed by atoms with Crippen molar-refractivity contribution in [3.63, 3.8) is 0 Å². The third-order valence-electron chi connectivity index (χ3n) is 1.89. The molecule has 1 amide bonds. The molecule has 1 unspecified atom stereocenters. The Morgan fingerprint density at radius 3 is 3.08 bits per heavy atom. The molecule has 0 radical (unpaired) electrons. The second-order valence-corrected chi connectivity index (χ2v) is 3.18. The average molecular weight is 169 g/mol. The first-order valence-electron chi connectivity index (χ1n) is 4.35. The van der Waals surface area contributed by atoms with E-state index in [-0.39, 0.29) is 5.91 Å². The van der Waals surface area contributed by atoms with Gasteiger partial charge in [-0.1, -0.05) is 6.08 Å². The van der Waals surface area contributed by atoms with E-state index in [4.69, 9.17) is 5.11 Å². The molecule has 1 atom stereocenters. The van der Waals surface area contributed by atoms with E-state index in [2.05, 4.69) is 5.32 Å². The number of aliphatic hydroxyl groups is 1. The van der Waals surface area contributed by atoms with Crippen LogP contribution in [0.15, 0.2) is 11.6 Å². The third-order valence-corrected chi connectivity index (χ3v) is 1.89. The molecule has 0 saturated carbocycles. The normalized spacial score (nSPS) is 18.7. The summed E-state index contributed by atoms with van der Waals surface area (Å²) in [7, 11) is 0. The molecule has 0 bridgehead atoms. The van der Waals surface area contributed by atoms with Crippen molar-refractivity contribution in [1.82, 2.24) is 5.32 Å². The van der Waals surface area contributed by atoms with E-state index in [0.717, 1.165) is 24.8 Å². The van der Waals surface area contributed by atoms with Gasteiger partial charge in [0.15, 0.2) is 0 Å². The lowest BCUT2D eigenvalue weighted by Gasteiger charge is -2.06. The summed E-state index contributed by atoms with van der Waals surface area (Å²) in [5.74, 6) is -0.0200. The molecule has 12 heavy (non-hydrogen) atoms. The van der Waals surface area contributed by atoms with Crippen molar-refractivity contribution in [3.8, 4) is 0 Å². The van der Waals surface area contributed by atoms with Crippen LogP contribution in [0.5, 0.6) is 0 Å². The fourth-order valence-electron chi connectivity index (χ4n) is 1.23. The van der Waals surface area contributed by atoms with Crippen LogP contribution in [0.3, 0.4) is 0 Å². The van der Waals surface area contributed by atoms with Gasteiger partial charge >= 0.3 is 0 Å². The van der Waals surface area contributed by atoms with Crippen LogP contribution in [0.25, 0.3) is 0 Å². The molecule has 0 spiro atoms. The van der Waals surface area contributed by atoms with Crippen LogP contribution in [0, 0.1) is 0 Å². The first kappa shape index (κ1) is 9.26. The minimum absolute atomic E-state index is 0.0200. The summed E-state index contributed by atoms with van der Waals surface area (Å²) in [5, 5.41) is 11.6. The van der Waals surface area contributed by atoms with Gasteiger partial charge in [-0.15, -0.1) is 0 Å². The maximum absolute atomic E-state index is 11.3. The maximum Gasteiger partial charge on any atom is 0.246 e. The van der Waals surface area contributed by atoms with E-state index in [1.807, 2.05) is 6.08 Å². The summed E-state index contributed by atoms with van der Waals surface area (Å²) in [6.45, 7) is 2.00. The van der Waals surface area contributed by atoms with Gasteiger partial charge in [0.05, 0.1) is 6.10 Å². The first-order valence-corrected chi connectivity index (χ1v) is 4.35. The van der Waals surface area contributed by atoms with Gasteiger partial charge in [0, 0.05) is 12.1 Å². The second-order valence-electron chi connectivity index (χ2n) is 3.18. The van der Waals surface area contributed by atoms with Gasteiger partial charge < -0.3 is 10.4 Å². The minimum atomic E-state index is -0.462. The molecule has 68 valence electrons. The zero-order valence-electron chi connectivity index (χ0n) is 7.34. The van der Waals surface area contributed by atoms with E-state index in [1.54, 1.807) is 6.92 Å². The monoisotopic (exact) mass is 169 g/mol. The molecule has 1 aliphatic carbocycles. The summed E-state index contributed by atoms with van der Waals surface area (Å²) in [4.78, 5) is 11.3. The first-order chi connectivity index (χ1) is 5.70. The Kier molecular flexibility index (Phi) is 3.29. The van der Waals surface area contributed by atoms with E-state index in [9.17, 15) is 4.79 Å². The summed E-state index contributed by atoms with van der Waals surface area (Å²) >= 11 is 0. The van der Waals surface area contributed by atoms with Crippen LogP contribution >= 0.6 is 0 Å². The van der Waals surface area contributed by atoms with Crippen LogP contribution in [0.4, 0.5) is 0 Å². The number of hydrogen-bond donors (Lipinski definition) is 2. The Labute approximate surface area is 72.5 Å². The number of carbonyl (C=O) groups excluding carboxylic acids is 1. The Bertz CT molecular complexity index is 197. The Hall–Kier alpha value is -0.830. The summed E-state index contributed by atoms with van der Waals surface area (Å²) in [6.07, 6.45) is 4.48. The highest BCUT2D eigenvalue weighted by Gasteiger charge is 2.12. The molecule has 1 rings (SSSR count). The number of aliphatic hydroxyl groups excluding tert-OH is 1. The molecule has 3 heteroatoms. The van der Waals surface area contributed by atoms with Crippen molar-refractivity contribution in [2.75, 3.05) is 6.54 Å². The van der Waals surface area contributed by atoms with Crippen LogP contribution in [0.1, 0.15) is 26.2 Å². The van der Waals surface area contributed by atoms with Crippen molar-refractivity contribution >= 4 is 5.91 Å². The van der Waals surface area contributed by atoms with Crippen molar-refractivity contribution in [2.24, 2.45) is 0 Å². The summed E-state index contributed by atoms with van der Waals surface area (Å²) in [6, 6.07) is 0. The number of hydrogen-bond acceptors (Lipinski definition) is 2. The highest BCUT2D eigenvalue weighted by molar-refractivity contribution is 5.93. The van der Waals surface area contributed by atoms with Crippen molar-refractivity contribution < 1.29 is 9.90 Å². The smallest absolute Gasteiger partial charge is 0.246 e. The molecule has 2 N–H and O–H groups in total. The number of nitrogens with one attached hydrogen (secondary N) is 1. The maximum atomic E-state index is 11.3. The van der Waals surface area contributed by atoms with Crippen LogP contribution in [-0.4, -0.2) is 23.7 Å². The summed E-state index contributed by atoms with van der Waals surface area (Å²) in [5.41, 5.74) is 0.871. The van der Waals surface area contributed by atoms with E-state index < -0.39 is 6.10 Å². The molecule has 0 aromatic carbocycles. The van der Waals surface area contributed by atoms with Gasteiger partial charge in [0.1, 0.15) is 0 Å². The van der Waals surface area contributed by atoms with E-state index >= 15 is 0 Å². The predicted molar refractivity (Wildman–Crippen MR) is 46.6 cm³/mol. The lowest BCUT2D eigenvalue weighted by Crippen LogP contribution is -2.31. The van der Waals surface area contributed by atoms with E-state index in [0.29, 0.717) is 6.54 Å². The number of carbonyl (C=O) groups is 1. The number of allylic oxidation sites excluding steroid dienone is 1. The molecule has 1 aliphatic rings. The fourth-order valence-corrected chi connectivity index (χ4v) is 1.23. The lowest BCUT2D eigenvalue weighted by atomic mass is 10.2. The highest BCUT2D eigenvalue weighted by Crippen LogP contribution is 2.16. The molecule has 0 aliphatic heterocycles. The van der Waals surface area contributed by atoms with Crippen LogP contribution < -0.4 is 5.32 Å². The molecule has 3 nitrogen and oxygen atoms in total. The zero-order chi connectivity index (χ0) is 8.97. The average Bonchev–Trinajstić information content (AvgIpc) is 2.51. The molecular formula is C9H15NO2. The molecule has 0 saturated heterocycles. The topological polar surface area (TPSA) is 49.3 Å². The number of amides is 1. The van der Waals surface area contributed by atoms with E-state index in [1.165, 1.54) is 0 Å². The lowest BCUT2D eigenvalue weighted by molar-refractivity contribution is -0.118. The molecule has 0 fully saturated rings. The van der Waals surface area contributed by atoms with Crippen LogP contribution in [-0.2, 0) is 4.79 Å². The largest absolute Gasteiger partial charge is 0.392 e. The fraction of sp³-hybridized carbons (Fsp3) is 0.667. The standard InChI is InChI=1S/C9H15NO2/c1-7(11)6-10-9(12)8-4-2-3-5-8/h4,7,11H,2-3,5-6H2,1H3,(H,10,12). The van der Waals surface area contributed by atoms with Gasteiger partial charge in [-0.25, -0.2) is 0 Å². The zero-order valence-corrected chi connectivity index (χ0v) is 7.34. The molecule has 0 aromatic heterocycles. The van der Waals surface area contributed by atoms with Gasteiger partial charge in [0.2, 0.25) is 5.91 Å². The van der Waals surface area contributed by atoms with Gasteiger partial charge in [0.25, 0.3) is 0 Å². The van der Waals surface area contributed by atoms with Gasteiger partial charge in [-0.05, 0) is 26.2 Å². The number of rotatable bonds is 3. The van der Waals surface area contributed by atoms with Crippen LogP contribution in [0.2, 0.25) is 0 Å². The van der Waals surface area contributed by atoms with Crippen molar-refractivity contribution in [3.05, 3.63) is 11.6 Å². The Morgan fingerprint density at radius 1 is 1.83 bits per heavy atom. The molecule has 0 heterocycles.